The van der Waals surface area contributed by atoms with Gasteiger partial charge in [0.2, 0.25) is 0 Å². The number of phenolic OH excluding ortho intramolecular Hbond substituents is 1. The number of hydrogen-bond acceptors (Lipinski definition) is 5. The van der Waals surface area contributed by atoms with Crippen LogP contribution in [0.3, 0.4) is 0 Å². The summed E-state index contributed by atoms with van der Waals surface area (Å²) in [5.74, 6) is 0.114. The third-order valence-corrected chi connectivity index (χ3v) is 3.41. The van der Waals surface area contributed by atoms with Crippen LogP contribution in [0.25, 0.3) is 0 Å². The second kappa shape index (κ2) is 7.51. The van der Waals surface area contributed by atoms with Crippen LogP contribution < -0.4 is 4.90 Å². The Hall–Kier alpha value is -2.73. The van der Waals surface area contributed by atoms with Crippen LogP contribution in [0, 0.1) is 0 Å². The van der Waals surface area contributed by atoms with Crippen molar-refractivity contribution in [1.29, 1.82) is 0 Å². The van der Waals surface area contributed by atoms with Gasteiger partial charge in [-0.05, 0) is 61.6 Å². The van der Waals surface area contributed by atoms with Gasteiger partial charge in [-0.15, -0.1) is 0 Å². The number of ether oxygens (including phenoxy) is 1. The van der Waals surface area contributed by atoms with Crippen LogP contribution in [-0.2, 0) is 4.74 Å². The predicted molar refractivity (Wildman–Crippen MR) is 91.7 cm³/mol. The first-order chi connectivity index (χ1) is 11.1. The van der Waals surface area contributed by atoms with Gasteiger partial charge in [0, 0.05) is 11.1 Å². The highest BCUT2D eigenvalue weighted by molar-refractivity contribution is 7.80. The zero-order chi connectivity index (χ0) is 16.8. The summed E-state index contributed by atoms with van der Waals surface area (Å²) in [6.07, 6.45) is 1.33. The molecule has 1 N–H and O–H groups in total. The molecule has 0 aromatic heterocycles. The van der Waals surface area contributed by atoms with Gasteiger partial charge in [-0.3, -0.25) is 14.5 Å². The molecule has 0 unspecified atom stereocenters. The Kier molecular flexibility index (Phi) is 5.43. The molecular weight excluding hydrogens is 314 g/mol. The van der Waals surface area contributed by atoms with E-state index < -0.39 is 0 Å². The van der Waals surface area contributed by atoms with Gasteiger partial charge in [0.1, 0.15) is 12.0 Å². The fraction of sp³-hybridized carbons (Fsp3) is 0.118. The lowest BCUT2D eigenvalue weighted by molar-refractivity contribution is 0.112. The quantitative estimate of drug-likeness (QED) is 0.669. The van der Waals surface area contributed by atoms with E-state index in [4.69, 9.17) is 17.0 Å². The maximum Gasteiger partial charge on any atom is 0.268 e. The molecule has 0 spiro atoms. The minimum Gasteiger partial charge on any atom is -0.508 e. The SMILES string of the molecule is CCOC(=S)N(c1ccc(O)cc1)c1ccc(C=O)cc1C=O. The first kappa shape index (κ1) is 16.6. The minimum atomic E-state index is 0.114. The van der Waals surface area contributed by atoms with Crippen molar-refractivity contribution in [2.24, 2.45) is 0 Å². The van der Waals surface area contributed by atoms with Crippen molar-refractivity contribution in [3.05, 3.63) is 53.6 Å². The molecule has 0 amide bonds. The zero-order valence-electron chi connectivity index (χ0n) is 12.4. The van der Waals surface area contributed by atoms with Gasteiger partial charge in [0.25, 0.3) is 5.17 Å². The van der Waals surface area contributed by atoms with Gasteiger partial charge in [-0.2, -0.15) is 0 Å². The predicted octanol–water partition coefficient (Wildman–Crippen LogP) is 3.48. The number of aldehydes is 2. The highest BCUT2D eigenvalue weighted by Crippen LogP contribution is 2.30. The van der Waals surface area contributed by atoms with E-state index >= 15 is 0 Å². The Morgan fingerprint density at radius 3 is 2.43 bits per heavy atom. The van der Waals surface area contributed by atoms with Crippen molar-refractivity contribution in [2.75, 3.05) is 11.5 Å². The van der Waals surface area contributed by atoms with Gasteiger partial charge >= 0.3 is 0 Å². The maximum atomic E-state index is 11.4. The third kappa shape index (κ3) is 3.73. The highest BCUT2D eigenvalue weighted by atomic mass is 32.1. The molecule has 0 saturated carbocycles. The average Bonchev–Trinajstić information content (AvgIpc) is 2.57. The summed E-state index contributed by atoms with van der Waals surface area (Å²) in [4.78, 5) is 23.9. The van der Waals surface area contributed by atoms with Crippen molar-refractivity contribution in [2.45, 2.75) is 6.92 Å². The van der Waals surface area contributed by atoms with E-state index in [1.165, 1.54) is 18.2 Å². The largest absolute Gasteiger partial charge is 0.508 e. The zero-order valence-corrected chi connectivity index (χ0v) is 13.2. The molecular formula is C17H15NO4S. The number of carbonyl (C=O) groups excluding carboxylic acids is 2. The lowest BCUT2D eigenvalue weighted by Crippen LogP contribution is -2.27. The number of aromatic hydroxyl groups is 1. The van der Waals surface area contributed by atoms with E-state index in [-0.39, 0.29) is 10.9 Å². The van der Waals surface area contributed by atoms with Crippen molar-refractivity contribution < 1.29 is 19.4 Å². The van der Waals surface area contributed by atoms with E-state index in [9.17, 15) is 14.7 Å². The van der Waals surface area contributed by atoms with Crippen molar-refractivity contribution >= 4 is 41.3 Å². The standard InChI is InChI=1S/C17H15NO4S/c1-2-22-17(23)18(14-4-6-15(21)7-5-14)16-8-3-12(10-19)9-13(16)11-20/h3-11,21H,2H2,1H3. The fourth-order valence-electron chi connectivity index (χ4n) is 2.08. The monoisotopic (exact) mass is 329 g/mol. The Bertz CT molecular complexity index is 728. The Labute approximate surface area is 139 Å². The van der Waals surface area contributed by atoms with Crippen LogP contribution in [0.2, 0.25) is 0 Å². The summed E-state index contributed by atoms with van der Waals surface area (Å²) < 4.78 is 5.41. The molecule has 118 valence electrons. The molecule has 0 aliphatic heterocycles. The summed E-state index contributed by atoms with van der Waals surface area (Å²) in [7, 11) is 0. The maximum absolute atomic E-state index is 11.4. The molecule has 2 aromatic rings. The summed E-state index contributed by atoms with van der Waals surface area (Å²) in [6.45, 7) is 2.17. The summed E-state index contributed by atoms with van der Waals surface area (Å²) >= 11 is 5.30. The fourth-order valence-corrected chi connectivity index (χ4v) is 2.40. The van der Waals surface area contributed by atoms with E-state index in [2.05, 4.69) is 0 Å². The molecule has 0 heterocycles. The summed E-state index contributed by atoms with van der Waals surface area (Å²) in [5.41, 5.74) is 1.83. The molecule has 23 heavy (non-hydrogen) atoms. The van der Waals surface area contributed by atoms with Gasteiger partial charge in [-0.1, -0.05) is 0 Å². The molecule has 0 aliphatic carbocycles. The van der Waals surface area contributed by atoms with Crippen molar-refractivity contribution in [3.63, 3.8) is 0 Å². The number of phenols is 1. The van der Waals surface area contributed by atoms with Gasteiger partial charge < -0.3 is 9.84 Å². The molecule has 0 saturated heterocycles. The molecule has 0 radical (unpaired) electrons. The molecule has 2 aromatic carbocycles. The molecule has 0 fully saturated rings. The molecule has 6 heteroatoms. The van der Waals surface area contributed by atoms with E-state index in [1.54, 1.807) is 36.1 Å². The van der Waals surface area contributed by atoms with E-state index in [0.717, 1.165) is 0 Å². The van der Waals surface area contributed by atoms with Crippen LogP contribution in [0.15, 0.2) is 42.5 Å². The van der Waals surface area contributed by atoms with Gasteiger partial charge in [0.05, 0.1) is 18.0 Å². The number of benzene rings is 2. The van der Waals surface area contributed by atoms with Crippen LogP contribution in [0.5, 0.6) is 5.75 Å². The minimum absolute atomic E-state index is 0.114. The van der Waals surface area contributed by atoms with E-state index in [0.29, 0.717) is 41.7 Å². The van der Waals surface area contributed by atoms with E-state index in [1.807, 2.05) is 0 Å². The number of carbonyl (C=O) groups is 2. The van der Waals surface area contributed by atoms with Crippen LogP contribution >= 0.6 is 12.2 Å². The number of anilines is 2. The second-order valence-corrected chi connectivity index (χ2v) is 4.95. The third-order valence-electron chi connectivity index (χ3n) is 3.11. The van der Waals surface area contributed by atoms with Crippen LogP contribution in [0.4, 0.5) is 11.4 Å². The molecule has 0 aliphatic rings. The number of thiocarbonyl (C=S) groups is 1. The average molecular weight is 329 g/mol. The van der Waals surface area contributed by atoms with Crippen molar-refractivity contribution in [1.82, 2.24) is 0 Å². The number of hydrogen-bond donors (Lipinski definition) is 1. The van der Waals surface area contributed by atoms with Gasteiger partial charge in [-0.25, -0.2) is 0 Å². The van der Waals surface area contributed by atoms with Crippen LogP contribution in [0.1, 0.15) is 27.6 Å². The normalized spacial score (nSPS) is 9.96. The molecule has 0 atom stereocenters. The topological polar surface area (TPSA) is 66.8 Å². The van der Waals surface area contributed by atoms with Gasteiger partial charge in [0.15, 0.2) is 6.29 Å². The number of nitrogens with zero attached hydrogens (tertiary/aromatic N) is 1. The molecule has 5 nitrogen and oxygen atoms in total. The smallest absolute Gasteiger partial charge is 0.268 e. The first-order valence-corrected chi connectivity index (χ1v) is 7.31. The second-order valence-electron chi connectivity index (χ2n) is 4.60. The molecule has 2 rings (SSSR count). The Balaban J connectivity index is 2.57. The first-order valence-electron chi connectivity index (χ1n) is 6.91. The summed E-state index contributed by atoms with van der Waals surface area (Å²) in [5, 5.41) is 9.61. The van der Waals surface area contributed by atoms with Crippen molar-refractivity contribution in [3.8, 4) is 5.75 Å². The Morgan fingerprint density at radius 2 is 1.87 bits per heavy atom. The Morgan fingerprint density at radius 1 is 1.17 bits per heavy atom. The highest BCUT2D eigenvalue weighted by Gasteiger charge is 2.19. The molecule has 0 bridgehead atoms. The summed E-state index contributed by atoms with van der Waals surface area (Å²) in [6, 6.07) is 11.0. The lowest BCUT2D eigenvalue weighted by Gasteiger charge is -2.26. The van der Waals surface area contributed by atoms with Crippen LogP contribution in [-0.4, -0.2) is 29.5 Å². The lowest BCUT2D eigenvalue weighted by atomic mass is 10.1. The number of rotatable bonds is 5.